The average Bonchev–Trinajstić information content (AvgIpc) is 2.62. The van der Waals surface area contributed by atoms with Crippen LogP contribution >= 0.6 is 0 Å². The molecule has 0 radical (unpaired) electrons. The van der Waals surface area contributed by atoms with Gasteiger partial charge >= 0.3 is 0 Å². The Morgan fingerprint density at radius 1 is 1.00 bits per heavy atom. The van der Waals surface area contributed by atoms with E-state index in [0.717, 1.165) is 22.4 Å². The molecule has 4 nitrogen and oxygen atoms in total. The fraction of sp³-hybridized carbons (Fsp3) is 0.263. The molecule has 0 bridgehead atoms. The van der Waals surface area contributed by atoms with Gasteiger partial charge in [-0.3, -0.25) is 0 Å². The molecule has 0 aliphatic carbocycles. The van der Waals surface area contributed by atoms with E-state index in [-0.39, 0.29) is 5.75 Å². The third kappa shape index (κ3) is 4.69. The highest BCUT2D eigenvalue weighted by Crippen LogP contribution is 2.18. The highest BCUT2D eigenvalue weighted by molar-refractivity contribution is 7.89. The van der Waals surface area contributed by atoms with Gasteiger partial charge in [-0.25, -0.2) is 8.42 Å². The van der Waals surface area contributed by atoms with Crippen LogP contribution in [0.2, 0.25) is 0 Å². The van der Waals surface area contributed by atoms with Crippen LogP contribution in [-0.2, 0) is 23.1 Å². The van der Waals surface area contributed by atoms with Crippen LogP contribution in [0.25, 0.3) is 6.08 Å². The Kier molecular flexibility index (Phi) is 6.17. The molecule has 2 rings (SSSR count). The van der Waals surface area contributed by atoms with Gasteiger partial charge in [0.25, 0.3) is 0 Å². The molecule has 0 aliphatic heterocycles. The van der Waals surface area contributed by atoms with E-state index in [4.69, 9.17) is 4.74 Å². The Labute approximate surface area is 144 Å². The molecule has 5 heteroatoms. The standard InChI is InChI=1S/C19H23NO3S/c1-4-16-6-8-17(9-7-16)14-20(24(21,22)5-2)15-18-10-12-19(23-3)13-11-18/h4,6-13H,1,5,14-15H2,2-3H3. The first kappa shape index (κ1) is 18.2. The predicted octanol–water partition coefficient (Wildman–Crippen LogP) is 3.69. The number of ether oxygens (including phenoxy) is 1. The van der Waals surface area contributed by atoms with Crippen LogP contribution in [0.15, 0.2) is 55.1 Å². The van der Waals surface area contributed by atoms with Crippen molar-refractivity contribution in [2.24, 2.45) is 0 Å². The zero-order chi connectivity index (χ0) is 17.6. The van der Waals surface area contributed by atoms with Crippen molar-refractivity contribution in [2.75, 3.05) is 12.9 Å². The first-order valence-corrected chi connectivity index (χ1v) is 9.41. The fourth-order valence-electron chi connectivity index (χ4n) is 2.33. The Balaban J connectivity index is 2.21. The number of rotatable bonds is 8. The van der Waals surface area contributed by atoms with E-state index in [1.165, 1.54) is 4.31 Å². The quantitative estimate of drug-likeness (QED) is 0.733. The molecule has 0 atom stereocenters. The van der Waals surface area contributed by atoms with Crippen molar-refractivity contribution in [1.82, 2.24) is 4.31 Å². The number of hydrogen-bond acceptors (Lipinski definition) is 3. The van der Waals surface area contributed by atoms with E-state index in [2.05, 4.69) is 6.58 Å². The average molecular weight is 345 g/mol. The van der Waals surface area contributed by atoms with Crippen molar-refractivity contribution in [3.05, 3.63) is 71.8 Å². The summed E-state index contributed by atoms with van der Waals surface area (Å²) in [5.41, 5.74) is 2.89. The van der Waals surface area contributed by atoms with Gasteiger partial charge in [0.1, 0.15) is 5.75 Å². The van der Waals surface area contributed by atoms with Crippen LogP contribution in [-0.4, -0.2) is 25.6 Å². The van der Waals surface area contributed by atoms with E-state index in [0.29, 0.717) is 13.1 Å². The SMILES string of the molecule is C=Cc1ccc(CN(Cc2ccc(OC)cc2)S(=O)(=O)CC)cc1. The van der Waals surface area contributed by atoms with Gasteiger partial charge in [-0.2, -0.15) is 4.31 Å². The minimum Gasteiger partial charge on any atom is -0.497 e. The molecule has 0 heterocycles. The van der Waals surface area contributed by atoms with Crippen molar-refractivity contribution in [1.29, 1.82) is 0 Å². The smallest absolute Gasteiger partial charge is 0.214 e. The summed E-state index contributed by atoms with van der Waals surface area (Å²) in [6.07, 6.45) is 1.77. The van der Waals surface area contributed by atoms with Gasteiger partial charge in [-0.1, -0.05) is 49.1 Å². The lowest BCUT2D eigenvalue weighted by atomic mass is 10.1. The van der Waals surface area contributed by atoms with Crippen LogP contribution in [0.1, 0.15) is 23.6 Å². The molecule has 0 aliphatic rings. The van der Waals surface area contributed by atoms with Gasteiger partial charge in [0.2, 0.25) is 10.0 Å². The molecule has 24 heavy (non-hydrogen) atoms. The van der Waals surface area contributed by atoms with E-state index >= 15 is 0 Å². The lowest BCUT2D eigenvalue weighted by Gasteiger charge is -2.22. The molecule has 0 unspecified atom stereocenters. The number of sulfonamides is 1. The number of methoxy groups -OCH3 is 1. The normalized spacial score (nSPS) is 11.5. The Morgan fingerprint density at radius 2 is 1.50 bits per heavy atom. The lowest BCUT2D eigenvalue weighted by molar-refractivity contribution is 0.400. The third-order valence-electron chi connectivity index (χ3n) is 3.85. The molecule has 0 amide bonds. The van der Waals surface area contributed by atoms with Crippen LogP contribution in [0.4, 0.5) is 0 Å². The van der Waals surface area contributed by atoms with Crippen molar-refractivity contribution in [3.63, 3.8) is 0 Å². The molecule has 2 aromatic carbocycles. The second-order valence-corrected chi connectivity index (χ2v) is 7.72. The van der Waals surface area contributed by atoms with E-state index in [9.17, 15) is 8.42 Å². The molecule has 128 valence electrons. The van der Waals surface area contributed by atoms with E-state index < -0.39 is 10.0 Å². The van der Waals surface area contributed by atoms with E-state index in [1.54, 1.807) is 20.1 Å². The first-order valence-electron chi connectivity index (χ1n) is 7.80. The second kappa shape index (κ2) is 8.13. The summed E-state index contributed by atoms with van der Waals surface area (Å²) in [6, 6.07) is 15.2. The Bertz CT molecular complexity index is 765. The topological polar surface area (TPSA) is 46.6 Å². The second-order valence-electron chi connectivity index (χ2n) is 5.46. The summed E-state index contributed by atoms with van der Waals surface area (Å²) < 4.78 is 31.5. The predicted molar refractivity (Wildman–Crippen MR) is 98.2 cm³/mol. The molecule has 0 N–H and O–H groups in total. The van der Waals surface area contributed by atoms with Gasteiger partial charge < -0.3 is 4.74 Å². The summed E-state index contributed by atoms with van der Waals surface area (Å²) in [5.74, 6) is 0.831. The number of benzene rings is 2. The third-order valence-corrected chi connectivity index (χ3v) is 5.63. The molecule has 0 saturated heterocycles. The maximum Gasteiger partial charge on any atom is 0.214 e. The first-order chi connectivity index (χ1) is 11.5. The number of hydrogen-bond donors (Lipinski definition) is 0. The molecular weight excluding hydrogens is 322 g/mol. The molecular formula is C19H23NO3S. The Hall–Kier alpha value is -2.11. The zero-order valence-electron chi connectivity index (χ0n) is 14.1. The summed E-state index contributed by atoms with van der Waals surface area (Å²) in [4.78, 5) is 0. The summed E-state index contributed by atoms with van der Waals surface area (Å²) in [7, 11) is -1.70. The van der Waals surface area contributed by atoms with Crippen LogP contribution in [0, 0.1) is 0 Å². The molecule has 0 saturated carbocycles. The minimum atomic E-state index is -3.31. The molecule has 0 aromatic heterocycles. The van der Waals surface area contributed by atoms with Crippen molar-refractivity contribution >= 4 is 16.1 Å². The Morgan fingerprint density at radius 3 is 1.92 bits per heavy atom. The minimum absolute atomic E-state index is 0.0773. The van der Waals surface area contributed by atoms with Crippen LogP contribution in [0.5, 0.6) is 5.75 Å². The molecule has 0 spiro atoms. The largest absolute Gasteiger partial charge is 0.497 e. The van der Waals surface area contributed by atoms with Crippen LogP contribution < -0.4 is 4.74 Å². The molecule has 0 fully saturated rings. The van der Waals surface area contributed by atoms with Crippen molar-refractivity contribution in [3.8, 4) is 5.75 Å². The summed E-state index contributed by atoms with van der Waals surface area (Å²) in [5, 5.41) is 0. The highest BCUT2D eigenvalue weighted by Gasteiger charge is 2.20. The molecule has 2 aromatic rings. The van der Waals surface area contributed by atoms with Gasteiger partial charge in [0.05, 0.1) is 12.9 Å². The van der Waals surface area contributed by atoms with E-state index in [1.807, 2.05) is 48.5 Å². The van der Waals surface area contributed by atoms with Crippen molar-refractivity contribution < 1.29 is 13.2 Å². The van der Waals surface area contributed by atoms with Gasteiger partial charge in [0.15, 0.2) is 0 Å². The lowest BCUT2D eigenvalue weighted by Crippen LogP contribution is -2.31. The number of nitrogens with zero attached hydrogens (tertiary/aromatic N) is 1. The van der Waals surface area contributed by atoms with Crippen LogP contribution in [0.3, 0.4) is 0 Å². The van der Waals surface area contributed by atoms with Crippen molar-refractivity contribution in [2.45, 2.75) is 20.0 Å². The summed E-state index contributed by atoms with van der Waals surface area (Å²) in [6.45, 7) is 6.07. The fourth-order valence-corrected chi connectivity index (χ4v) is 3.39. The maximum atomic E-state index is 12.4. The summed E-state index contributed by atoms with van der Waals surface area (Å²) >= 11 is 0. The van der Waals surface area contributed by atoms with Gasteiger partial charge in [-0.05, 0) is 35.7 Å². The monoisotopic (exact) mass is 345 g/mol. The maximum absolute atomic E-state index is 12.4. The van der Waals surface area contributed by atoms with Gasteiger partial charge in [-0.15, -0.1) is 0 Å². The van der Waals surface area contributed by atoms with Gasteiger partial charge in [0, 0.05) is 13.1 Å². The zero-order valence-corrected chi connectivity index (χ0v) is 14.9. The highest BCUT2D eigenvalue weighted by atomic mass is 32.2.